The van der Waals surface area contributed by atoms with Gasteiger partial charge in [0.1, 0.15) is 0 Å². The van der Waals surface area contributed by atoms with Crippen LogP contribution in [0.25, 0.3) is 0 Å². The van der Waals surface area contributed by atoms with E-state index in [0.717, 1.165) is 35.5 Å². The number of carbonyl (C=O) groups is 1. The number of carbonyl (C=O) groups excluding carboxylic acids is 1. The van der Waals surface area contributed by atoms with Crippen LogP contribution in [-0.4, -0.2) is 59.3 Å². The van der Waals surface area contributed by atoms with Crippen LogP contribution in [0.1, 0.15) is 6.92 Å². The Balaban J connectivity index is 0.00000841. The molecule has 1 rings (SSSR count). The van der Waals surface area contributed by atoms with Crippen LogP contribution in [0.4, 0.5) is 0 Å². The molecule has 30 heavy (non-hydrogen) atoms. The molecule has 173 valence electrons. The molecule has 0 spiro atoms. The Hall–Kier alpha value is 0.324. The maximum absolute atomic E-state index is 12.8. The predicted octanol–water partition coefficient (Wildman–Crippen LogP) is 2.31. The molecule has 1 N–H and O–H groups in total. The Morgan fingerprint density at radius 3 is 1.80 bits per heavy atom. The van der Waals surface area contributed by atoms with Crippen LogP contribution >= 0.6 is 23.5 Å². The van der Waals surface area contributed by atoms with Crippen molar-refractivity contribution in [3.05, 3.63) is 17.4 Å². The zero-order valence-corrected chi connectivity index (χ0v) is 22.5. The van der Waals surface area contributed by atoms with Gasteiger partial charge >= 0.3 is 29.4 Å². The molecule has 14 nitrogen and oxygen atoms in total. The van der Waals surface area contributed by atoms with Crippen molar-refractivity contribution in [2.45, 2.75) is 13.0 Å². The Bertz CT molecular complexity index is 761. The summed E-state index contributed by atoms with van der Waals surface area (Å²) in [5.41, 5.74) is 0. The Labute approximate surface area is 198 Å². The van der Waals surface area contributed by atoms with Crippen molar-refractivity contribution in [1.29, 1.82) is 0 Å². The first-order valence-electron chi connectivity index (χ1n) is 7.53. The minimum absolute atomic E-state index is 0. The number of esters is 1. The minimum Gasteiger partial charge on any atom is -0.496 e. The summed E-state index contributed by atoms with van der Waals surface area (Å²) in [7, 11) is -9.59. The molecule has 3 atom stereocenters. The summed E-state index contributed by atoms with van der Waals surface area (Å²) in [5, 5.41) is 9.23. The summed E-state index contributed by atoms with van der Waals surface area (Å²) >= 11 is 0. The first-order valence-corrected chi connectivity index (χ1v) is 11.9. The standard InChI is InChI=1S/C12H22O14P3.Y/c1-8(7-13)9-10(18-2)11(12(14)23-9)24-28(16,21-5)26-29(17,22-6)25-27(15,19-3)20-4;/h9,13H,7H2,1-6H3;/q-1;. The van der Waals surface area contributed by atoms with E-state index in [2.05, 4.69) is 26.7 Å². The maximum Gasteiger partial charge on any atom is 0.539 e. The Morgan fingerprint density at radius 1 is 0.933 bits per heavy atom. The molecule has 1 aliphatic rings. The third-order valence-electron chi connectivity index (χ3n) is 3.29. The molecule has 3 unspecified atom stereocenters. The molecule has 1 heterocycles. The smallest absolute Gasteiger partial charge is 0.496 e. The monoisotopic (exact) mass is 572 g/mol. The minimum atomic E-state index is -4.92. The fourth-order valence-corrected chi connectivity index (χ4v) is 6.22. The van der Waals surface area contributed by atoms with E-state index in [0.29, 0.717) is 0 Å². The van der Waals surface area contributed by atoms with E-state index >= 15 is 0 Å². The summed E-state index contributed by atoms with van der Waals surface area (Å²) < 4.78 is 79.7. The zero-order valence-electron chi connectivity index (χ0n) is 17.0. The van der Waals surface area contributed by atoms with Gasteiger partial charge in [-0.15, -0.1) is 0 Å². The molecule has 0 aromatic carbocycles. The van der Waals surface area contributed by atoms with Gasteiger partial charge in [-0.05, 0) is 0 Å². The van der Waals surface area contributed by atoms with Crippen molar-refractivity contribution in [2.75, 3.05) is 42.2 Å². The van der Waals surface area contributed by atoms with Gasteiger partial charge in [0, 0.05) is 67.3 Å². The molecule has 0 fully saturated rings. The maximum atomic E-state index is 12.8. The number of rotatable bonds is 13. The van der Waals surface area contributed by atoms with Crippen molar-refractivity contribution in [2.24, 2.45) is 0 Å². The first-order chi connectivity index (χ1) is 13.5. The number of hydrogen-bond acceptors (Lipinski definition) is 14. The topological polar surface area (TPSA) is 172 Å². The third kappa shape index (κ3) is 7.44. The average Bonchev–Trinajstić information content (AvgIpc) is 3.02. The summed E-state index contributed by atoms with van der Waals surface area (Å²) in [4.78, 5) is 12.1. The van der Waals surface area contributed by atoms with E-state index in [1.165, 1.54) is 6.92 Å². The van der Waals surface area contributed by atoms with Gasteiger partial charge in [-0.2, -0.15) is 15.5 Å². The van der Waals surface area contributed by atoms with E-state index in [9.17, 15) is 23.6 Å². The fourth-order valence-electron chi connectivity index (χ4n) is 1.79. The van der Waals surface area contributed by atoms with Crippen LogP contribution < -0.4 is 0 Å². The van der Waals surface area contributed by atoms with Crippen LogP contribution in [0.3, 0.4) is 0 Å². The van der Waals surface area contributed by atoms with E-state index in [-0.39, 0.29) is 44.4 Å². The summed E-state index contributed by atoms with van der Waals surface area (Å²) in [5.74, 6) is -1.85. The second kappa shape index (κ2) is 12.5. The van der Waals surface area contributed by atoms with Crippen molar-refractivity contribution >= 4 is 29.4 Å². The molecule has 0 saturated heterocycles. The number of methoxy groups -OCH3 is 1. The van der Waals surface area contributed by atoms with E-state index in [1.807, 2.05) is 0 Å². The Morgan fingerprint density at radius 2 is 1.40 bits per heavy atom. The number of aliphatic hydroxyl groups excluding tert-OH is 1. The SMILES string of the molecule is COC1=C(OP(=O)(OC)OP(=O)(OC)OP(=O)(OC)OC)C(=O)OC1[C-](C)CO.[Y]. The molecular weight excluding hydrogens is 550 g/mol. The second-order valence-corrected chi connectivity index (χ2v) is 10.6. The molecule has 0 aromatic rings. The third-order valence-corrected chi connectivity index (χ3v) is 8.68. The van der Waals surface area contributed by atoms with E-state index in [4.69, 9.17) is 14.0 Å². The average molecular weight is 572 g/mol. The molecule has 0 bridgehead atoms. The van der Waals surface area contributed by atoms with Crippen LogP contribution in [0.5, 0.6) is 0 Å². The van der Waals surface area contributed by atoms with Crippen LogP contribution in [0, 0.1) is 5.92 Å². The van der Waals surface area contributed by atoms with E-state index in [1.54, 1.807) is 0 Å². The molecule has 0 aliphatic carbocycles. The van der Waals surface area contributed by atoms with Gasteiger partial charge < -0.3 is 19.1 Å². The number of cyclic esters (lactones) is 1. The molecule has 0 aromatic heterocycles. The van der Waals surface area contributed by atoms with Crippen LogP contribution in [0.2, 0.25) is 0 Å². The van der Waals surface area contributed by atoms with Crippen LogP contribution in [-0.2, 0) is 91.9 Å². The fraction of sp³-hybridized carbons (Fsp3) is 0.667. The van der Waals surface area contributed by atoms with E-state index < -0.39 is 47.9 Å². The molecule has 1 aliphatic heterocycles. The number of phosphoric acid groups is 3. The van der Waals surface area contributed by atoms with Gasteiger partial charge in [-0.1, -0.05) is 6.61 Å². The predicted molar refractivity (Wildman–Crippen MR) is 94.0 cm³/mol. The number of ether oxygens (including phenoxy) is 2. The number of phosphoric ester groups is 2. The normalized spacial score (nSPS) is 20.9. The molecule has 1 radical (unpaired) electrons. The van der Waals surface area contributed by atoms with Gasteiger partial charge in [0.05, 0.1) is 7.11 Å². The summed E-state index contributed by atoms with van der Waals surface area (Å²) in [6, 6.07) is 0. The molecule has 0 saturated carbocycles. The molecular formula is C12H22O14P3Y-. The first kappa shape index (κ1) is 30.3. The number of aliphatic hydroxyl groups is 1. The summed E-state index contributed by atoms with van der Waals surface area (Å²) in [6.07, 6.45) is -1.13. The zero-order chi connectivity index (χ0) is 22.5. The second-order valence-electron chi connectivity index (χ2n) is 5.01. The van der Waals surface area contributed by atoms with Gasteiger partial charge in [-0.25, -0.2) is 24.4 Å². The molecule has 0 amide bonds. The Kier molecular flexibility index (Phi) is 12.7. The van der Waals surface area contributed by atoms with Gasteiger partial charge in [-0.3, -0.25) is 18.1 Å². The van der Waals surface area contributed by atoms with Gasteiger partial charge in [0.15, 0.2) is 5.76 Å². The van der Waals surface area contributed by atoms with Crippen molar-refractivity contribution in [1.82, 2.24) is 0 Å². The van der Waals surface area contributed by atoms with Gasteiger partial charge in [0.2, 0.25) is 0 Å². The van der Waals surface area contributed by atoms with Crippen molar-refractivity contribution in [3.63, 3.8) is 0 Å². The van der Waals surface area contributed by atoms with Crippen molar-refractivity contribution in [3.8, 4) is 0 Å². The van der Waals surface area contributed by atoms with Crippen molar-refractivity contribution < 1.29 is 97.0 Å². The van der Waals surface area contributed by atoms with Gasteiger partial charge in [0.25, 0.3) is 5.76 Å². The quantitative estimate of drug-likeness (QED) is 0.194. The van der Waals surface area contributed by atoms with Crippen LogP contribution in [0.15, 0.2) is 11.5 Å². The molecule has 18 heteroatoms. The summed E-state index contributed by atoms with van der Waals surface area (Å²) in [6.45, 7) is 1.01. The largest absolute Gasteiger partial charge is 0.539 e. The number of hydrogen-bond donors (Lipinski definition) is 1.